The predicted octanol–water partition coefficient (Wildman–Crippen LogP) is 4.25. The summed E-state index contributed by atoms with van der Waals surface area (Å²) in [6, 6.07) is 14.4. The Morgan fingerprint density at radius 1 is 0.867 bits per heavy atom. The van der Waals surface area contributed by atoms with Crippen molar-refractivity contribution in [3.8, 4) is 5.75 Å². The molecule has 14 heteroatoms. The van der Waals surface area contributed by atoms with Crippen LogP contribution in [0.1, 0.15) is 93.4 Å². The van der Waals surface area contributed by atoms with E-state index in [1.54, 1.807) is 30.3 Å². The number of aliphatic hydroxyl groups excluding tert-OH is 3. The van der Waals surface area contributed by atoms with Crippen LogP contribution in [0.3, 0.4) is 0 Å². The number of hydrogen-bond donors (Lipinski definition) is 4. The highest BCUT2D eigenvalue weighted by atomic mass is 16.9. The summed E-state index contributed by atoms with van der Waals surface area (Å²) in [6.07, 6.45) is -2.03. The van der Waals surface area contributed by atoms with E-state index in [4.69, 9.17) is 33.2 Å². The van der Waals surface area contributed by atoms with Gasteiger partial charge in [0.2, 0.25) is 0 Å². The summed E-state index contributed by atoms with van der Waals surface area (Å²) in [5.41, 5.74) is -6.03. The van der Waals surface area contributed by atoms with Gasteiger partial charge in [-0.1, -0.05) is 70.7 Å². The number of fused-ring (bicyclic) bond motifs is 1. The summed E-state index contributed by atoms with van der Waals surface area (Å²) in [6.45, 7) is 10.5. The Hall–Kier alpha value is -3.73. The largest absolute Gasteiger partial charge is 0.462 e. The van der Waals surface area contributed by atoms with Crippen molar-refractivity contribution in [3.05, 3.63) is 77.9 Å². The Balaban J connectivity index is 1.24. The highest BCUT2D eigenvalue weighted by Gasteiger charge is 2.91. The summed E-state index contributed by atoms with van der Waals surface area (Å²) < 4.78 is 45.6. The Kier molecular flexibility index (Phi) is 10.2. The van der Waals surface area contributed by atoms with Crippen LogP contribution >= 0.6 is 0 Å². The second-order valence-corrected chi connectivity index (χ2v) is 18.5. The third-order valence-corrected chi connectivity index (χ3v) is 15.3. The SMILES string of the molecule is C=C(C)C12C[C@@H](COC(=O)c3ccccc3)[C@@]34OC5(O[C@@H]1[C@@H]3[C@@H]1O[C@]1(CO)[C@@H](O)[C@@]1(O)[C@H]4[C@H]([C@H](C)[C@@H]1OC(=O)c1ccc(OC(C)=O)cc1)[C@H](C)CCCCCC[C@H]5O)O2. The topological polar surface area (TPSA) is 200 Å². The molecule has 324 valence electrons. The first-order valence-electron chi connectivity index (χ1n) is 21.4. The number of epoxide rings is 1. The minimum Gasteiger partial charge on any atom is -0.462 e. The standard InChI is InChI=1S/C46H56O14/c1-24(2)42-21-30(22-54-39(50)28-14-10-8-11-15-28)45-34-37(42)58-46(59-42,60-45)32(49)16-12-7-6-9-13-25(3)33-26(4)36(44(53,35(33)45)41(52)43(23-47)38(34)57-43)56-40(51)29-17-19-31(20-18-29)55-27(5)48/h8,10-11,14-15,17-20,25-26,30,32-38,41,47,49,52-53H,1,6-7,9,12-13,16,21-23H2,2-5H3/t25-,26+,30+,32-,33+,34-,35-,36+,37-,38+,41-,42?,43+,44-,45-,46?/m1/s1. The lowest BCUT2D eigenvalue weighted by molar-refractivity contribution is -0.459. The summed E-state index contributed by atoms with van der Waals surface area (Å²) in [7, 11) is 0. The predicted molar refractivity (Wildman–Crippen MR) is 210 cm³/mol. The summed E-state index contributed by atoms with van der Waals surface area (Å²) in [4.78, 5) is 39.6. The van der Waals surface area contributed by atoms with E-state index in [1.165, 1.54) is 31.2 Å². The molecule has 2 unspecified atom stereocenters. The molecule has 9 rings (SSSR count). The molecule has 16 atom stereocenters. The number of carbonyl (C=O) groups is 3. The van der Waals surface area contributed by atoms with Gasteiger partial charge >= 0.3 is 23.9 Å². The minimum atomic E-state index is -2.36. The number of rotatable bonds is 8. The molecule has 3 aliphatic carbocycles. The molecule has 0 amide bonds. The van der Waals surface area contributed by atoms with E-state index in [0.29, 0.717) is 17.6 Å². The normalized spacial score (nSPS) is 44.8. The lowest BCUT2D eigenvalue weighted by atomic mass is 9.51. The van der Waals surface area contributed by atoms with Gasteiger partial charge in [0, 0.05) is 24.7 Å². The van der Waals surface area contributed by atoms with E-state index >= 15 is 0 Å². The number of ether oxygens (including phenoxy) is 7. The second-order valence-electron chi connectivity index (χ2n) is 18.5. The minimum absolute atomic E-state index is 0.110. The van der Waals surface area contributed by atoms with Gasteiger partial charge in [-0.15, -0.1) is 0 Å². The van der Waals surface area contributed by atoms with Crippen molar-refractivity contribution in [1.29, 1.82) is 0 Å². The molecule has 3 saturated carbocycles. The fraction of sp³-hybridized carbons (Fsp3) is 0.630. The van der Waals surface area contributed by atoms with Crippen molar-refractivity contribution >= 4 is 17.9 Å². The number of carbonyl (C=O) groups excluding carboxylic acids is 3. The molecule has 4 aliphatic heterocycles. The van der Waals surface area contributed by atoms with Crippen LogP contribution in [-0.4, -0.2) is 110 Å². The molecule has 0 aromatic heterocycles. The average molecular weight is 833 g/mol. The molecule has 60 heavy (non-hydrogen) atoms. The summed E-state index contributed by atoms with van der Waals surface area (Å²) in [5, 5.41) is 50.3. The van der Waals surface area contributed by atoms with Crippen molar-refractivity contribution in [1.82, 2.24) is 0 Å². The first-order valence-corrected chi connectivity index (χ1v) is 21.4. The maximum atomic E-state index is 14.2. The molecule has 0 radical (unpaired) electrons. The third-order valence-electron chi connectivity index (χ3n) is 15.3. The van der Waals surface area contributed by atoms with Gasteiger partial charge in [-0.25, -0.2) is 9.59 Å². The lowest BCUT2D eigenvalue weighted by Gasteiger charge is -2.62. The smallest absolute Gasteiger partial charge is 0.338 e. The zero-order chi connectivity index (χ0) is 42.6. The van der Waals surface area contributed by atoms with Crippen molar-refractivity contribution in [3.63, 3.8) is 0 Å². The van der Waals surface area contributed by atoms with E-state index in [2.05, 4.69) is 13.5 Å². The zero-order valence-corrected chi connectivity index (χ0v) is 34.5. The Morgan fingerprint density at radius 3 is 2.22 bits per heavy atom. The molecule has 7 aliphatic rings. The van der Waals surface area contributed by atoms with Crippen molar-refractivity contribution in [2.75, 3.05) is 13.2 Å². The van der Waals surface area contributed by atoms with Crippen molar-refractivity contribution in [2.45, 2.75) is 132 Å². The fourth-order valence-corrected chi connectivity index (χ4v) is 12.7. The highest BCUT2D eigenvalue weighted by Crippen LogP contribution is 2.75. The van der Waals surface area contributed by atoms with Crippen LogP contribution in [0.25, 0.3) is 0 Å². The highest BCUT2D eigenvalue weighted by molar-refractivity contribution is 5.90. The number of esters is 3. The van der Waals surface area contributed by atoms with Gasteiger partial charge in [-0.3, -0.25) is 4.79 Å². The molecule has 7 fully saturated rings. The van der Waals surface area contributed by atoms with E-state index in [-0.39, 0.29) is 36.7 Å². The fourth-order valence-electron chi connectivity index (χ4n) is 12.7. The number of hydrogen-bond acceptors (Lipinski definition) is 14. The molecule has 2 aromatic rings. The summed E-state index contributed by atoms with van der Waals surface area (Å²) in [5.74, 6) is -7.75. The van der Waals surface area contributed by atoms with Crippen molar-refractivity contribution in [2.24, 2.45) is 35.5 Å². The lowest BCUT2D eigenvalue weighted by Crippen LogP contribution is -2.75. The molecule has 3 bridgehead atoms. The van der Waals surface area contributed by atoms with Crippen LogP contribution < -0.4 is 4.74 Å². The van der Waals surface area contributed by atoms with Crippen LogP contribution in [0, 0.1) is 35.5 Å². The Morgan fingerprint density at radius 2 is 1.55 bits per heavy atom. The quantitative estimate of drug-likeness (QED) is 0.127. The molecule has 2 aromatic carbocycles. The molecule has 2 spiro atoms. The van der Waals surface area contributed by atoms with E-state index < -0.39 is 113 Å². The van der Waals surface area contributed by atoms with Gasteiger partial charge in [0.05, 0.1) is 29.9 Å². The Labute approximate surface area is 349 Å². The molecule has 14 nitrogen and oxygen atoms in total. The van der Waals surface area contributed by atoms with E-state index in [0.717, 1.165) is 25.7 Å². The van der Waals surface area contributed by atoms with Crippen LogP contribution in [-0.2, 0) is 33.2 Å². The monoisotopic (exact) mass is 832 g/mol. The maximum Gasteiger partial charge on any atom is 0.338 e. The van der Waals surface area contributed by atoms with Gasteiger partial charge in [0.1, 0.15) is 53.1 Å². The second kappa shape index (κ2) is 14.7. The first-order chi connectivity index (χ1) is 28.6. The molecular weight excluding hydrogens is 776 g/mol. The van der Waals surface area contributed by atoms with Gasteiger partial charge in [0.25, 0.3) is 0 Å². The van der Waals surface area contributed by atoms with Crippen LogP contribution in [0.4, 0.5) is 0 Å². The van der Waals surface area contributed by atoms with E-state index in [1.807, 2.05) is 13.8 Å². The van der Waals surface area contributed by atoms with Gasteiger partial charge < -0.3 is 53.6 Å². The van der Waals surface area contributed by atoms with Crippen LogP contribution in [0.5, 0.6) is 5.75 Å². The van der Waals surface area contributed by atoms with E-state index in [9.17, 15) is 34.8 Å². The molecule has 4 N–H and O–H groups in total. The Bertz CT molecular complexity index is 2030. The van der Waals surface area contributed by atoms with Gasteiger partial charge in [-0.2, -0.15) is 0 Å². The van der Waals surface area contributed by atoms with Crippen LogP contribution in [0.2, 0.25) is 0 Å². The maximum absolute atomic E-state index is 14.2. The van der Waals surface area contributed by atoms with Crippen molar-refractivity contribution < 1.29 is 68.0 Å². The average Bonchev–Trinajstić information content (AvgIpc) is 3.86. The molecular formula is C46H56O14. The summed E-state index contributed by atoms with van der Waals surface area (Å²) >= 11 is 0. The van der Waals surface area contributed by atoms with Gasteiger partial charge in [0.15, 0.2) is 0 Å². The number of aliphatic hydroxyl groups is 4. The number of benzene rings is 2. The molecule has 4 saturated heterocycles. The third kappa shape index (κ3) is 5.85. The molecule has 4 heterocycles. The zero-order valence-electron chi connectivity index (χ0n) is 34.5. The van der Waals surface area contributed by atoms with Crippen LogP contribution in [0.15, 0.2) is 66.7 Å². The van der Waals surface area contributed by atoms with Gasteiger partial charge in [-0.05, 0) is 79.5 Å². The first kappa shape index (κ1) is 41.6.